The molecule has 1 aliphatic heterocycles. The van der Waals surface area contributed by atoms with E-state index in [-0.39, 0.29) is 5.56 Å². The van der Waals surface area contributed by atoms with Crippen molar-refractivity contribution in [2.24, 2.45) is 5.92 Å². The van der Waals surface area contributed by atoms with Gasteiger partial charge in [0.25, 0.3) is 11.6 Å². The maximum atomic E-state index is 12.2. The maximum absolute atomic E-state index is 12.2. The van der Waals surface area contributed by atoms with Gasteiger partial charge in [-0.3, -0.25) is 4.79 Å². The van der Waals surface area contributed by atoms with Crippen LogP contribution in [0, 0.1) is 5.92 Å². The lowest BCUT2D eigenvalue weighted by Crippen LogP contribution is -2.37. The molecule has 0 radical (unpaired) electrons. The molecule has 2 aliphatic rings. The van der Waals surface area contributed by atoms with Gasteiger partial charge in [-0.2, -0.15) is 5.10 Å². The summed E-state index contributed by atoms with van der Waals surface area (Å²) in [7, 11) is 0. The molecular formula is C16H20N4O2. The molecule has 0 amide bonds. The van der Waals surface area contributed by atoms with Gasteiger partial charge in [-0.1, -0.05) is 0 Å². The average Bonchev–Trinajstić information content (AvgIpc) is 3.19. The van der Waals surface area contributed by atoms with E-state index in [1.54, 1.807) is 23.2 Å². The lowest BCUT2D eigenvalue weighted by Gasteiger charge is -2.30. The van der Waals surface area contributed by atoms with E-state index in [1.165, 1.54) is 0 Å². The van der Waals surface area contributed by atoms with E-state index in [4.69, 9.17) is 4.42 Å². The van der Waals surface area contributed by atoms with E-state index in [0.29, 0.717) is 11.9 Å². The second-order valence-corrected chi connectivity index (χ2v) is 6.24. The van der Waals surface area contributed by atoms with Crippen LogP contribution < -0.4 is 10.5 Å². The van der Waals surface area contributed by atoms with E-state index in [9.17, 15) is 4.79 Å². The number of anilines is 1. The maximum Gasteiger partial charge on any atom is 0.297 e. The van der Waals surface area contributed by atoms with E-state index in [1.807, 2.05) is 0 Å². The molecule has 2 aromatic rings. The number of oxazole rings is 1. The molecule has 0 saturated carbocycles. The van der Waals surface area contributed by atoms with Gasteiger partial charge in [0, 0.05) is 25.7 Å². The molecule has 2 aromatic heterocycles. The van der Waals surface area contributed by atoms with E-state index in [2.05, 4.69) is 15.0 Å². The minimum Gasteiger partial charge on any atom is -0.432 e. The van der Waals surface area contributed by atoms with Crippen molar-refractivity contribution in [2.45, 2.75) is 38.6 Å². The summed E-state index contributed by atoms with van der Waals surface area (Å²) in [6.07, 6.45) is 8.50. The van der Waals surface area contributed by atoms with Gasteiger partial charge in [0.15, 0.2) is 0 Å². The number of fused-ring (bicyclic) bond motifs is 1. The minimum atomic E-state index is 0.0516. The highest BCUT2D eigenvalue weighted by atomic mass is 16.4. The molecule has 0 aromatic carbocycles. The van der Waals surface area contributed by atoms with E-state index >= 15 is 0 Å². The molecule has 0 unspecified atom stereocenters. The number of nitrogens with zero attached hydrogens (tertiary/aromatic N) is 4. The molecule has 0 N–H and O–H groups in total. The summed E-state index contributed by atoms with van der Waals surface area (Å²) >= 11 is 0. The Morgan fingerprint density at radius 1 is 1.27 bits per heavy atom. The number of rotatable bonds is 3. The van der Waals surface area contributed by atoms with Crippen LogP contribution in [0.1, 0.15) is 30.5 Å². The lowest BCUT2D eigenvalue weighted by molar-refractivity contribution is 0.326. The van der Waals surface area contributed by atoms with Crippen molar-refractivity contribution in [2.75, 3.05) is 18.0 Å². The predicted octanol–water partition coefficient (Wildman–Crippen LogP) is 1.64. The largest absolute Gasteiger partial charge is 0.432 e. The van der Waals surface area contributed by atoms with Gasteiger partial charge in [0.2, 0.25) is 0 Å². The van der Waals surface area contributed by atoms with Crippen LogP contribution in [0.2, 0.25) is 0 Å². The zero-order valence-electron chi connectivity index (χ0n) is 12.6. The molecular weight excluding hydrogens is 280 g/mol. The molecule has 0 bridgehead atoms. The van der Waals surface area contributed by atoms with Crippen molar-refractivity contribution < 1.29 is 4.42 Å². The van der Waals surface area contributed by atoms with Gasteiger partial charge in [-0.15, -0.1) is 0 Å². The number of piperidine rings is 1. The molecule has 4 rings (SSSR count). The summed E-state index contributed by atoms with van der Waals surface area (Å²) in [5, 5.41) is 4.58. The van der Waals surface area contributed by atoms with Gasteiger partial charge in [-0.05, 0) is 43.6 Å². The molecule has 0 atom stereocenters. The van der Waals surface area contributed by atoms with Crippen molar-refractivity contribution in [1.29, 1.82) is 0 Å². The van der Waals surface area contributed by atoms with Crippen LogP contribution in [0.3, 0.4) is 0 Å². The zero-order chi connectivity index (χ0) is 14.9. The second-order valence-electron chi connectivity index (χ2n) is 6.24. The van der Waals surface area contributed by atoms with Crippen LogP contribution in [0.4, 0.5) is 6.01 Å². The quantitative estimate of drug-likeness (QED) is 0.862. The summed E-state index contributed by atoms with van der Waals surface area (Å²) in [4.78, 5) is 18.5. The van der Waals surface area contributed by atoms with Crippen LogP contribution in [-0.4, -0.2) is 27.9 Å². The molecule has 3 heterocycles. The van der Waals surface area contributed by atoms with Crippen LogP contribution in [0.15, 0.2) is 27.7 Å². The Balaban J connectivity index is 1.42. The van der Waals surface area contributed by atoms with Crippen molar-refractivity contribution in [3.63, 3.8) is 0 Å². The smallest absolute Gasteiger partial charge is 0.297 e. The van der Waals surface area contributed by atoms with Crippen LogP contribution >= 0.6 is 0 Å². The first-order valence-electron chi connectivity index (χ1n) is 8.04. The summed E-state index contributed by atoms with van der Waals surface area (Å²) in [6, 6.07) is 2.49. The molecule has 0 spiro atoms. The standard InChI is InChI=1S/C16H20N4O2/c21-15-10-13-2-1-3-14(13)18-20(15)11-12-4-7-19(8-5-12)16-17-6-9-22-16/h6,9-10,12H,1-5,7-8,11H2. The fourth-order valence-electron chi connectivity index (χ4n) is 3.49. The zero-order valence-corrected chi connectivity index (χ0v) is 12.6. The first-order valence-corrected chi connectivity index (χ1v) is 8.04. The summed E-state index contributed by atoms with van der Waals surface area (Å²) in [6.45, 7) is 2.57. The topological polar surface area (TPSA) is 64.2 Å². The van der Waals surface area contributed by atoms with Crippen molar-refractivity contribution >= 4 is 6.01 Å². The Morgan fingerprint density at radius 2 is 2.14 bits per heavy atom. The van der Waals surface area contributed by atoms with E-state index < -0.39 is 0 Å². The van der Waals surface area contributed by atoms with Crippen LogP contribution in [0.25, 0.3) is 0 Å². The Morgan fingerprint density at radius 3 is 2.91 bits per heavy atom. The Hall–Kier alpha value is -2.11. The summed E-state index contributed by atoms with van der Waals surface area (Å²) in [5.41, 5.74) is 2.33. The third-order valence-corrected chi connectivity index (χ3v) is 4.76. The van der Waals surface area contributed by atoms with Gasteiger partial charge in [0.1, 0.15) is 6.26 Å². The highest BCUT2D eigenvalue weighted by molar-refractivity contribution is 5.25. The van der Waals surface area contributed by atoms with Crippen molar-refractivity contribution in [1.82, 2.24) is 14.8 Å². The molecule has 1 fully saturated rings. The van der Waals surface area contributed by atoms with Crippen molar-refractivity contribution in [3.8, 4) is 0 Å². The fraction of sp³-hybridized carbons (Fsp3) is 0.562. The number of hydrogen-bond acceptors (Lipinski definition) is 5. The molecule has 6 nitrogen and oxygen atoms in total. The third-order valence-electron chi connectivity index (χ3n) is 4.76. The third kappa shape index (κ3) is 2.53. The van der Waals surface area contributed by atoms with Gasteiger partial charge < -0.3 is 9.32 Å². The Bertz CT molecular complexity index is 699. The summed E-state index contributed by atoms with van der Waals surface area (Å²) < 4.78 is 7.02. The fourth-order valence-corrected chi connectivity index (χ4v) is 3.49. The van der Waals surface area contributed by atoms with Gasteiger partial charge >= 0.3 is 0 Å². The molecule has 1 aliphatic carbocycles. The lowest BCUT2D eigenvalue weighted by atomic mass is 9.97. The first-order chi connectivity index (χ1) is 10.8. The highest BCUT2D eigenvalue weighted by Crippen LogP contribution is 2.23. The Labute approximate surface area is 128 Å². The first kappa shape index (κ1) is 13.5. The van der Waals surface area contributed by atoms with E-state index in [0.717, 1.165) is 63.0 Å². The summed E-state index contributed by atoms with van der Waals surface area (Å²) in [5.74, 6) is 0.496. The molecule has 1 saturated heterocycles. The molecule has 22 heavy (non-hydrogen) atoms. The minimum absolute atomic E-state index is 0.0516. The SMILES string of the molecule is O=c1cc2c(nn1CC1CCN(c3ncco3)CC1)CCC2. The monoisotopic (exact) mass is 300 g/mol. The molecule has 6 heteroatoms. The van der Waals surface area contributed by atoms with Crippen LogP contribution in [-0.2, 0) is 19.4 Å². The number of aryl methyl sites for hydroxylation is 2. The Kier molecular flexibility index (Phi) is 3.44. The van der Waals surface area contributed by atoms with Crippen molar-refractivity contribution in [3.05, 3.63) is 40.1 Å². The highest BCUT2D eigenvalue weighted by Gasteiger charge is 2.23. The number of hydrogen-bond donors (Lipinski definition) is 0. The van der Waals surface area contributed by atoms with Crippen LogP contribution in [0.5, 0.6) is 0 Å². The average molecular weight is 300 g/mol. The second kappa shape index (κ2) is 5.59. The molecule has 116 valence electrons. The predicted molar refractivity (Wildman–Crippen MR) is 82.0 cm³/mol. The number of aromatic nitrogens is 3. The van der Waals surface area contributed by atoms with Gasteiger partial charge in [-0.25, -0.2) is 9.67 Å². The normalized spacial score (nSPS) is 18.6. The van der Waals surface area contributed by atoms with Gasteiger partial charge in [0.05, 0.1) is 11.9 Å².